The Balaban J connectivity index is 1.37. The zero-order valence-corrected chi connectivity index (χ0v) is 20.1. The molecular weight excluding hydrogens is 452 g/mol. The molecule has 2 aliphatic heterocycles. The van der Waals surface area contributed by atoms with Crippen LogP contribution in [0.15, 0.2) is 54.3 Å². The number of carbonyl (C=O) groups is 1. The maximum absolute atomic E-state index is 12.9. The van der Waals surface area contributed by atoms with E-state index in [-0.39, 0.29) is 19.2 Å². The fourth-order valence-electron chi connectivity index (χ4n) is 4.17. The van der Waals surface area contributed by atoms with Crippen LogP contribution in [0.4, 0.5) is 0 Å². The molecule has 0 saturated carbocycles. The standard InChI is InChI=1S/C28H25ClO5/c1-16(2)19-6-4-18(5-7-19)10-25-26(30)23-8-9-24(17(3)27(23)34-25)32-14-21-12-22(29)11-20-13-31-15-33-28(20)21/h4-12,16H,13-15H2,1-3H3/b25-10-. The maximum Gasteiger partial charge on any atom is 0.231 e. The fourth-order valence-corrected chi connectivity index (χ4v) is 4.44. The molecule has 0 amide bonds. The minimum atomic E-state index is -0.130. The summed E-state index contributed by atoms with van der Waals surface area (Å²) in [6.45, 7) is 7.11. The summed E-state index contributed by atoms with van der Waals surface area (Å²) in [5.41, 5.74) is 5.21. The smallest absolute Gasteiger partial charge is 0.231 e. The van der Waals surface area contributed by atoms with Gasteiger partial charge in [0.05, 0.1) is 12.2 Å². The topological polar surface area (TPSA) is 54.0 Å². The molecule has 0 radical (unpaired) electrons. The minimum Gasteiger partial charge on any atom is -0.488 e. The average Bonchev–Trinajstić information content (AvgIpc) is 3.14. The second-order valence-electron chi connectivity index (χ2n) is 8.78. The van der Waals surface area contributed by atoms with Crippen LogP contribution in [0.25, 0.3) is 6.08 Å². The molecule has 0 unspecified atom stereocenters. The Morgan fingerprint density at radius 1 is 1.09 bits per heavy atom. The van der Waals surface area contributed by atoms with Crippen molar-refractivity contribution in [1.29, 1.82) is 0 Å². The van der Waals surface area contributed by atoms with E-state index in [1.807, 2.05) is 31.2 Å². The first-order chi connectivity index (χ1) is 16.4. The van der Waals surface area contributed by atoms with Gasteiger partial charge in [-0.05, 0) is 54.3 Å². The SMILES string of the molecule is Cc1c(OCc2cc(Cl)cc3c2OCOC3)ccc2c1O/C(=C\c1ccc(C(C)C)cc1)C2=O. The average molecular weight is 477 g/mol. The van der Waals surface area contributed by atoms with Gasteiger partial charge in [0.2, 0.25) is 5.78 Å². The van der Waals surface area contributed by atoms with Gasteiger partial charge in [0.15, 0.2) is 12.6 Å². The van der Waals surface area contributed by atoms with Crippen molar-refractivity contribution >= 4 is 23.5 Å². The Morgan fingerprint density at radius 2 is 1.88 bits per heavy atom. The minimum absolute atomic E-state index is 0.130. The fraction of sp³-hybridized carbons (Fsp3) is 0.250. The van der Waals surface area contributed by atoms with E-state index in [1.165, 1.54) is 5.56 Å². The van der Waals surface area contributed by atoms with Crippen LogP contribution in [-0.2, 0) is 18.0 Å². The third-order valence-corrected chi connectivity index (χ3v) is 6.29. The molecule has 3 aromatic rings. The van der Waals surface area contributed by atoms with E-state index >= 15 is 0 Å². The predicted molar refractivity (Wildman–Crippen MR) is 131 cm³/mol. The first kappa shape index (κ1) is 22.5. The number of allylic oxidation sites excluding steroid dienone is 1. The van der Waals surface area contributed by atoms with Crippen molar-refractivity contribution in [2.45, 2.75) is 39.9 Å². The summed E-state index contributed by atoms with van der Waals surface area (Å²) in [4.78, 5) is 12.9. The lowest BCUT2D eigenvalue weighted by Gasteiger charge is -2.21. The van der Waals surface area contributed by atoms with Crippen molar-refractivity contribution in [3.8, 4) is 17.2 Å². The molecule has 5 rings (SSSR count). The van der Waals surface area contributed by atoms with Crippen molar-refractivity contribution in [2.75, 3.05) is 6.79 Å². The van der Waals surface area contributed by atoms with Gasteiger partial charge in [0.25, 0.3) is 0 Å². The van der Waals surface area contributed by atoms with Gasteiger partial charge in [-0.1, -0.05) is 49.7 Å². The summed E-state index contributed by atoms with van der Waals surface area (Å²) < 4.78 is 23.1. The molecule has 0 bridgehead atoms. The van der Waals surface area contributed by atoms with Gasteiger partial charge in [-0.25, -0.2) is 0 Å². The maximum atomic E-state index is 12.9. The summed E-state index contributed by atoms with van der Waals surface area (Å²) in [6, 6.07) is 15.4. The highest BCUT2D eigenvalue weighted by molar-refractivity contribution is 6.30. The Labute approximate surface area is 203 Å². The monoisotopic (exact) mass is 476 g/mol. The van der Waals surface area contributed by atoms with E-state index in [0.29, 0.717) is 40.4 Å². The molecule has 34 heavy (non-hydrogen) atoms. The van der Waals surface area contributed by atoms with Gasteiger partial charge in [-0.15, -0.1) is 0 Å². The van der Waals surface area contributed by atoms with E-state index < -0.39 is 0 Å². The molecule has 0 saturated heterocycles. The second kappa shape index (κ2) is 9.16. The molecule has 6 heteroatoms. The number of halogens is 1. The number of hydrogen-bond donors (Lipinski definition) is 0. The van der Waals surface area contributed by atoms with Crippen molar-refractivity contribution in [3.05, 3.63) is 92.7 Å². The highest BCUT2D eigenvalue weighted by atomic mass is 35.5. The van der Waals surface area contributed by atoms with Crippen LogP contribution in [0.2, 0.25) is 5.02 Å². The van der Waals surface area contributed by atoms with Crippen molar-refractivity contribution < 1.29 is 23.7 Å². The lowest BCUT2D eigenvalue weighted by molar-refractivity contribution is -0.0175. The number of hydrogen-bond acceptors (Lipinski definition) is 5. The summed E-state index contributed by atoms with van der Waals surface area (Å²) in [5, 5.41) is 0.599. The van der Waals surface area contributed by atoms with Crippen LogP contribution in [0.5, 0.6) is 17.2 Å². The van der Waals surface area contributed by atoms with Crippen LogP contribution >= 0.6 is 11.6 Å². The number of ether oxygens (including phenoxy) is 4. The van der Waals surface area contributed by atoms with E-state index in [4.69, 9.17) is 30.5 Å². The van der Waals surface area contributed by atoms with Crippen LogP contribution in [-0.4, -0.2) is 12.6 Å². The highest BCUT2D eigenvalue weighted by Crippen LogP contribution is 2.40. The third-order valence-electron chi connectivity index (χ3n) is 6.07. The van der Waals surface area contributed by atoms with Gasteiger partial charge >= 0.3 is 0 Å². The molecular formula is C28H25ClO5. The van der Waals surface area contributed by atoms with E-state index in [9.17, 15) is 4.79 Å². The van der Waals surface area contributed by atoms with Crippen LogP contribution in [0.3, 0.4) is 0 Å². The molecule has 2 aliphatic rings. The molecule has 0 atom stereocenters. The highest BCUT2D eigenvalue weighted by Gasteiger charge is 2.30. The van der Waals surface area contributed by atoms with Crippen molar-refractivity contribution in [3.63, 3.8) is 0 Å². The summed E-state index contributed by atoms with van der Waals surface area (Å²) in [6.07, 6.45) is 1.78. The lowest BCUT2D eigenvalue weighted by Crippen LogP contribution is -2.14. The number of fused-ring (bicyclic) bond motifs is 2. The molecule has 0 N–H and O–H groups in total. The number of benzene rings is 3. The third kappa shape index (κ3) is 4.29. The Morgan fingerprint density at radius 3 is 2.65 bits per heavy atom. The first-order valence-corrected chi connectivity index (χ1v) is 11.6. The predicted octanol–water partition coefficient (Wildman–Crippen LogP) is 6.83. The first-order valence-electron chi connectivity index (χ1n) is 11.2. The zero-order valence-electron chi connectivity index (χ0n) is 19.3. The molecule has 0 aliphatic carbocycles. The van der Waals surface area contributed by atoms with Crippen LogP contribution in [0, 0.1) is 6.92 Å². The number of rotatable bonds is 5. The van der Waals surface area contributed by atoms with E-state index in [1.54, 1.807) is 18.2 Å². The number of carbonyl (C=O) groups excluding carboxylic acids is 1. The van der Waals surface area contributed by atoms with Crippen LogP contribution < -0.4 is 14.2 Å². The second-order valence-corrected chi connectivity index (χ2v) is 9.22. The van der Waals surface area contributed by atoms with Gasteiger partial charge in [0.1, 0.15) is 23.9 Å². The van der Waals surface area contributed by atoms with E-state index in [2.05, 4.69) is 26.0 Å². The Bertz CT molecular complexity index is 1290. The number of Topliss-reactive ketones (excluding diaryl/α,β-unsaturated/α-hetero) is 1. The summed E-state index contributed by atoms with van der Waals surface area (Å²) in [7, 11) is 0. The zero-order chi connectivity index (χ0) is 23.8. The number of ketones is 1. The molecule has 174 valence electrons. The van der Waals surface area contributed by atoms with Gasteiger partial charge in [-0.2, -0.15) is 0 Å². The van der Waals surface area contributed by atoms with Gasteiger partial charge in [-0.3, -0.25) is 4.79 Å². The molecule has 0 spiro atoms. The normalized spacial score (nSPS) is 15.7. The Kier molecular flexibility index (Phi) is 6.07. The summed E-state index contributed by atoms with van der Waals surface area (Å²) in [5.74, 6) is 2.54. The summed E-state index contributed by atoms with van der Waals surface area (Å²) >= 11 is 6.26. The van der Waals surface area contributed by atoms with Crippen molar-refractivity contribution in [1.82, 2.24) is 0 Å². The van der Waals surface area contributed by atoms with Crippen molar-refractivity contribution in [2.24, 2.45) is 0 Å². The van der Waals surface area contributed by atoms with Crippen LogP contribution in [0.1, 0.15) is 57.9 Å². The molecule has 5 nitrogen and oxygen atoms in total. The largest absolute Gasteiger partial charge is 0.488 e. The van der Waals surface area contributed by atoms with E-state index in [0.717, 1.165) is 28.0 Å². The molecule has 0 aromatic heterocycles. The Hall–Kier alpha value is -3.28. The molecule has 3 aromatic carbocycles. The van der Waals surface area contributed by atoms with Gasteiger partial charge < -0.3 is 18.9 Å². The lowest BCUT2D eigenvalue weighted by atomic mass is 10.0. The quantitative estimate of drug-likeness (QED) is 0.377. The molecule has 0 fully saturated rings. The van der Waals surface area contributed by atoms with Gasteiger partial charge in [0, 0.05) is 21.7 Å². The molecule has 2 heterocycles.